The maximum atomic E-state index is 9.97. The number of nitriles is 4. The molecule has 7 aromatic carbocycles. The Bertz CT molecular complexity index is 3690. The van der Waals surface area contributed by atoms with E-state index in [-0.39, 0.29) is 0 Å². The quantitative estimate of drug-likeness (QED) is 0.160. The van der Waals surface area contributed by atoms with E-state index in [1.165, 1.54) is 0 Å². The molecule has 0 aliphatic carbocycles. The van der Waals surface area contributed by atoms with Gasteiger partial charge in [-0.2, -0.15) is 21.0 Å². The summed E-state index contributed by atoms with van der Waals surface area (Å²) in [6.07, 6.45) is 1.76. The van der Waals surface area contributed by atoms with Crippen molar-refractivity contribution < 1.29 is 0 Å². The van der Waals surface area contributed by atoms with Gasteiger partial charge in [-0.15, -0.1) is 0 Å². The number of aromatic nitrogens is 6. The van der Waals surface area contributed by atoms with Crippen LogP contribution in [0.2, 0.25) is 0 Å². The smallest absolute Gasteiger partial charge is 0.164 e. The molecule has 0 aliphatic rings. The van der Waals surface area contributed by atoms with E-state index in [0.717, 1.165) is 71.7 Å². The zero-order valence-electron chi connectivity index (χ0n) is 33.6. The fourth-order valence-electron chi connectivity index (χ4n) is 8.63. The van der Waals surface area contributed by atoms with Crippen molar-refractivity contribution >= 4 is 43.6 Å². The maximum absolute atomic E-state index is 9.97. The van der Waals surface area contributed by atoms with Crippen molar-refractivity contribution in [3.63, 3.8) is 0 Å². The number of hydrogen-bond donors (Lipinski definition) is 0. The molecule has 0 unspecified atom stereocenters. The molecule has 10 nitrogen and oxygen atoms in total. The molecule has 10 heteroatoms. The van der Waals surface area contributed by atoms with Crippen LogP contribution in [-0.2, 0) is 0 Å². The molecule has 0 radical (unpaired) electrons. The highest BCUT2D eigenvalue weighted by Crippen LogP contribution is 2.42. The number of nitrogens with zero attached hydrogens (tertiary/aromatic N) is 10. The maximum Gasteiger partial charge on any atom is 0.164 e. The van der Waals surface area contributed by atoms with E-state index in [1.807, 2.05) is 133 Å². The van der Waals surface area contributed by atoms with E-state index < -0.39 is 0 Å². The largest absolute Gasteiger partial charge is 0.309 e. The van der Waals surface area contributed by atoms with E-state index in [1.54, 1.807) is 30.5 Å². The first-order valence-electron chi connectivity index (χ1n) is 20.3. The Hall–Kier alpha value is -9.74. The molecule has 0 amide bonds. The highest BCUT2D eigenvalue weighted by atomic mass is 15.0. The van der Waals surface area contributed by atoms with E-state index in [2.05, 4.69) is 39.5 Å². The lowest BCUT2D eigenvalue weighted by molar-refractivity contribution is 1.07. The first-order chi connectivity index (χ1) is 31.5. The van der Waals surface area contributed by atoms with Crippen LogP contribution in [0.3, 0.4) is 0 Å². The second-order valence-electron chi connectivity index (χ2n) is 15.2. The van der Waals surface area contributed by atoms with Crippen LogP contribution in [-0.4, -0.2) is 29.1 Å². The average Bonchev–Trinajstić information content (AvgIpc) is 3.87. The Morgan fingerprint density at radius 2 is 0.766 bits per heavy atom. The number of fused-ring (bicyclic) bond motifs is 6. The normalized spacial score (nSPS) is 11.1. The lowest BCUT2D eigenvalue weighted by Gasteiger charge is -2.19. The molecule has 11 rings (SSSR count). The third-order valence-electron chi connectivity index (χ3n) is 11.5. The monoisotopic (exact) mass is 816 g/mol. The zero-order chi connectivity index (χ0) is 43.3. The van der Waals surface area contributed by atoms with Crippen molar-refractivity contribution in [3.8, 4) is 81.1 Å². The van der Waals surface area contributed by atoms with Crippen molar-refractivity contribution in [1.29, 1.82) is 21.0 Å². The highest BCUT2D eigenvalue weighted by molar-refractivity contribution is 6.12. The Balaban J connectivity index is 1.24. The molecule has 0 atom stereocenters. The lowest BCUT2D eigenvalue weighted by atomic mass is 10.0. The van der Waals surface area contributed by atoms with E-state index in [0.29, 0.717) is 51.0 Å². The third-order valence-corrected chi connectivity index (χ3v) is 11.5. The predicted molar refractivity (Wildman–Crippen MR) is 247 cm³/mol. The summed E-state index contributed by atoms with van der Waals surface area (Å²) in [6, 6.07) is 61.1. The summed E-state index contributed by atoms with van der Waals surface area (Å²) in [5.74, 6) is 1.51. The van der Waals surface area contributed by atoms with Gasteiger partial charge < -0.3 is 9.13 Å². The second-order valence-corrected chi connectivity index (χ2v) is 15.2. The molecular formula is C54H28N10. The number of pyridine rings is 1. The van der Waals surface area contributed by atoms with E-state index in [4.69, 9.17) is 19.9 Å². The van der Waals surface area contributed by atoms with Crippen LogP contribution < -0.4 is 0 Å². The van der Waals surface area contributed by atoms with Crippen LogP contribution >= 0.6 is 0 Å². The second kappa shape index (κ2) is 15.1. The van der Waals surface area contributed by atoms with Gasteiger partial charge in [0.2, 0.25) is 0 Å². The molecule has 0 aliphatic heterocycles. The molecule has 0 saturated heterocycles. The van der Waals surface area contributed by atoms with Crippen molar-refractivity contribution in [2.75, 3.05) is 0 Å². The van der Waals surface area contributed by atoms with E-state index >= 15 is 0 Å². The number of benzene rings is 7. The molecule has 294 valence electrons. The summed E-state index contributed by atoms with van der Waals surface area (Å²) in [6.45, 7) is 0. The third kappa shape index (κ3) is 6.08. The first kappa shape index (κ1) is 37.3. The Kier molecular flexibility index (Phi) is 8.77. The van der Waals surface area contributed by atoms with Gasteiger partial charge in [0.1, 0.15) is 0 Å². The minimum Gasteiger partial charge on any atom is -0.309 e. The lowest BCUT2D eigenvalue weighted by Crippen LogP contribution is -2.04. The molecule has 0 N–H and O–H groups in total. The summed E-state index contributed by atoms with van der Waals surface area (Å²) in [5, 5.41) is 43.1. The van der Waals surface area contributed by atoms with Gasteiger partial charge in [-0.25, -0.2) is 15.0 Å². The molecule has 0 fully saturated rings. The van der Waals surface area contributed by atoms with Crippen LogP contribution in [0, 0.1) is 45.3 Å². The van der Waals surface area contributed by atoms with Crippen LogP contribution in [0.4, 0.5) is 0 Å². The standard InChI is InChI=1S/C54H28N10/c55-29-33-13-18-45-40(24-33)41-25-34(30-56)14-19-46(41)63(45)49-22-17-39(54-61-52(37-8-3-1-4-9-37)60-53(62-54)38-10-5-2-6-11-38)28-44(49)51-50(12-7-23-59-51)64-47-20-15-35(31-57)26-42(47)43-27-36(32-58)16-21-48(43)64/h1-28H. The van der Waals surface area contributed by atoms with Gasteiger partial charge in [0, 0.05) is 50.0 Å². The summed E-state index contributed by atoms with van der Waals surface area (Å²) in [7, 11) is 0. The van der Waals surface area contributed by atoms with Gasteiger partial charge in [-0.1, -0.05) is 60.7 Å². The Morgan fingerprint density at radius 3 is 1.19 bits per heavy atom. The number of hydrogen-bond acceptors (Lipinski definition) is 8. The summed E-state index contributed by atoms with van der Waals surface area (Å²) < 4.78 is 4.27. The van der Waals surface area contributed by atoms with Crippen molar-refractivity contribution in [2.24, 2.45) is 0 Å². The van der Waals surface area contributed by atoms with Crippen LogP contribution in [0.15, 0.2) is 170 Å². The molecule has 0 saturated carbocycles. The van der Waals surface area contributed by atoms with Gasteiger partial charge in [0.15, 0.2) is 17.5 Å². The molecular weight excluding hydrogens is 789 g/mol. The summed E-state index contributed by atoms with van der Waals surface area (Å²) in [4.78, 5) is 20.3. The van der Waals surface area contributed by atoms with Crippen molar-refractivity contribution in [1.82, 2.24) is 29.1 Å². The Labute approximate surface area is 365 Å². The minimum atomic E-state index is 0.461. The fraction of sp³-hybridized carbons (Fsp3) is 0. The molecule has 4 aromatic heterocycles. The Morgan fingerprint density at radius 1 is 0.359 bits per heavy atom. The van der Waals surface area contributed by atoms with Gasteiger partial charge >= 0.3 is 0 Å². The molecule has 11 aromatic rings. The molecule has 0 spiro atoms. The van der Waals surface area contributed by atoms with Gasteiger partial charge in [0.05, 0.1) is 85.7 Å². The first-order valence-corrected chi connectivity index (χ1v) is 20.3. The summed E-state index contributed by atoms with van der Waals surface area (Å²) in [5.41, 5.74) is 10.6. The highest BCUT2D eigenvalue weighted by Gasteiger charge is 2.24. The average molecular weight is 817 g/mol. The SMILES string of the molecule is N#Cc1ccc2c(c1)c1cc(C#N)ccc1n2-c1ccc(-c2nc(-c3ccccc3)nc(-c3ccccc3)n2)cc1-c1ncccc1-n1c2ccc(C#N)cc2c2cc(C#N)ccc21. The van der Waals surface area contributed by atoms with Crippen LogP contribution in [0.1, 0.15) is 22.3 Å². The van der Waals surface area contributed by atoms with E-state index in [9.17, 15) is 21.0 Å². The van der Waals surface area contributed by atoms with Crippen LogP contribution in [0.5, 0.6) is 0 Å². The molecule has 64 heavy (non-hydrogen) atoms. The van der Waals surface area contributed by atoms with Gasteiger partial charge in [-0.3, -0.25) is 4.98 Å². The van der Waals surface area contributed by atoms with Crippen molar-refractivity contribution in [3.05, 3.63) is 192 Å². The topological polar surface area (TPSA) is 157 Å². The van der Waals surface area contributed by atoms with Crippen molar-refractivity contribution in [2.45, 2.75) is 0 Å². The predicted octanol–water partition coefficient (Wildman–Crippen LogP) is 11.6. The number of rotatable bonds is 6. The molecule has 0 bridgehead atoms. The molecule has 4 heterocycles. The van der Waals surface area contributed by atoms with Crippen LogP contribution in [0.25, 0.3) is 100 Å². The minimum absolute atomic E-state index is 0.461. The van der Waals surface area contributed by atoms with Gasteiger partial charge in [0.25, 0.3) is 0 Å². The van der Waals surface area contributed by atoms with Gasteiger partial charge in [-0.05, 0) is 103 Å². The zero-order valence-corrected chi connectivity index (χ0v) is 33.6. The summed E-state index contributed by atoms with van der Waals surface area (Å²) >= 11 is 0. The fourth-order valence-corrected chi connectivity index (χ4v) is 8.63.